The molecule has 0 saturated heterocycles. The van der Waals surface area contributed by atoms with E-state index in [1.807, 2.05) is 22.7 Å². The Balaban J connectivity index is 1.01. The summed E-state index contributed by atoms with van der Waals surface area (Å²) >= 11 is 3.79. The number of rotatable bonds is 12. The van der Waals surface area contributed by atoms with Crippen LogP contribution >= 0.6 is 22.7 Å². The zero-order chi connectivity index (χ0) is 59.5. The van der Waals surface area contributed by atoms with Crippen molar-refractivity contribution in [2.24, 2.45) is 0 Å². The van der Waals surface area contributed by atoms with E-state index in [2.05, 4.69) is 349 Å². The second-order valence-corrected chi connectivity index (χ2v) is 25.1. The van der Waals surface area contributed by atoms with Gasteiger partial charge in [-0.25, -0.2) is 0 Å². The van der Waals surface area contributed by atoms with Gasteiger partial charge in [0.25, 0.3) is 0 Å². The van der Waals surface area contributed by atoms with Gasteiger partial charge in [-0.05, 0) is 121 Å². The molecule has 4 aromatic heterocycles. The lowest BCUT2D eigenvalue weighted by Gasteiger charge is -2.16. The van der Waals surface area contributed by atoms with Crippen LogP contribution in [0, 0.1) is 0 Å². The minimum Gasteiger partial charge on any atom is -0.309 e. The van der Waals surface area contributed by atoms with Crippen LogP contribution in [0.25, 0.3) is 164 Å². The monoisotopic (exact) mass is 1180 g/mol. The van der Waals surface area contributed by atoms with Crippen molar-refractivity contribution in [2.75, 3.05) is 0 Å². The normalized spacial score (nSPS) is 11.6. The molecule has 0 amide bonds. The third kappa shape index (κ3) is 9.15. The molecular formula is C86H56N2S2. The van der Waals surface area contributed by atoms with E-state index in [1.54, 1.807) is 0 Å². The molecule has 0 aliphatic heterocycles. The van der Waals surface area contributed by atoms with Crippen LogP contribution in [0.5, 0.6) is 0 Å². The Labute approximate surface area is 531 Å². The van der Waals surface area contributed by atoms with Crippen LogP contribution in [0.4, 0.5) is 0 Å². The first-order valence-corrected chi connectivity index (χ1v) is 32.4. The molecule has 0 bridgehead atoms. The van der Waals surface area contributed by atoms with E-state index in [4.69, 9.17) is 0 Å². The fourth-order valence-electron chi connectivity index (χ4n) is 13.8. The number of benzene rings is 13. The van der Waals surface area contributed by atoms with Crippen molar-refractivity contribution in [3.8, 4) is 120 Å². The average molecular weight is 1180 g/mol. The second kappa shape index (κ2) is 22.5. The molecule has 422 valence electrons. The van der Waals surface area contributed by atoms with E-state index in [1.165, 1.54) is 124 Å². The van der Waals surface area contributed by atoms with E-state index in [-0.39, 0.29) is 0 Å². The standard InChI is InChI=1S/C86H56N2S2/c1-9-29-57(30-10-1)65-51-66(58-31-11-2-12-32-58)54-70(53-65)88-74-47-27-25-45-71(74)72-49-50-76-81(82(72)88)73-46-26-28-48-75(73)87(76)69-55-67(85-79(61-37-17-5-18-38-61)77(59-33-13-3-14-34-59)83(89-85)63-41-21-7-22-42-63)52-68(56-69)86-80(62-39-19-6-20-40-62)78(60-35-15-4-16-36-60)84(90-86)64-43-23-8-24-44-64/h1-56H. The number of para-hydroxylation sites is 2. The number of nitrogens with zero attached hydrogens (tertiary/aromatic N) is 2. The second-order valence-electron chi connectivity index (χ2n) is 23.0. The van der Waals surface area contributed by atoms with Gasteiger partial charge in [0.2, 0.25) is 0 Å². The lowest BCUT2D eigenvalue weighted by atomic mass is 9.89. The highest BCUT2D eigenvalue weighted by molar-refractivity contribution is 7.20. The molecule has 0 aliphatic carbocycles. The fourth-order valence-corrected chi connectivity index (χ4v) is 16.4. The molecule has 4 heterocycles. The summed E-state index contributed by atoms with van der Waals surface area (Å²) in [6.45, 7) is 0. The van der Waals surface area contributed by atoms with E-state index < -0.39 is 0 Å². The van der Waals surface area contributed by atoms with Gasteiger partial charge in [0.1, 0.15) is 0 Å². The first-order chi connectivity index (χ1) is 44.7. The lowest BCUT2D eigenvalue weighted by Crippen LogP contribution is -1.97. The van der Waals surface area contributed by atoms with Crippen LogP contribution in [-0.4, -0.2) is 9.13 Å². The predicted octanol–water partition coefficient (Wildman–Crippen LogP) is 24.7. The Morgan fingerprint density at radius 2 is 0.489 bits per heavy atom. The molecule has 0 radical (unpaired) electrons. The predicted molar refractivity (Wildman–Crippen MR) is 385 cm³/mol. The molecule has 90 heavy (non-hydrogen) atoms. The highest BCUT2D eigenvalue weighted by Crippen LogP contribution is 2.56. The van der Waals surface area contributed by atoms with Crippen LogP contribution < -0.4 is 0 Å². The molecule has 0 N–H and O–H groups in total. The maximum atomic E-state index is 2.56. The molecule has 0 saturated carbocycles. The van der Waals surface area contributed by atoms with Crippen molar-refractivity contribution in [2.45, 2.75) is 0 Å². The zero-order valence-corrected chi connectivity index (χ0v) is 50.7. The molecule has 13 aromatic carbocycles. The number of fused-ring (bicyclic) bond motifs is 7. The maximum absolute atomic E-state index is 2.56. The molecule has 0 aliphatic rings. The van der Waals surface area contributed by atoms with E-state index >= 15 is 0 Å². The SMILES string of the molecule is c1ccc(-c2cc(-c3ccccc3)cc(-n3c4ccccc4c4ccc5c(c6ccccc6n5-c5cc(-c6sc(-c7ccccc7)c(-c7ccccc7)c6-c6ccccc6)cc(-c6sc(-c7ccccc7)c(-c7ccccc7)c6-c6ccccc6)c5)c43)c2)cc1. The van der Waals surface area contributed by atoms with Crippen molar-refractivity contribution < 1.29 is 0 Å². The Hall–Kier alpha value is -11.1. The summed E-state index contributed by atoms with van der Waals surface area (Å²) in [6.07, 6.45) is 0. The van der Waals surface area contributed by atoms with Gasteiger partial charge in [-0.3, -0.25) is 0 Å². The lowest BCUT2D eigenvalue weighted by molar-refractivity contribution is 1.18. The summed E-state index contributed by atoms with van der Waals surface area (Å²) in [6, 6.07) is 125. The minimum absolute atomic E-state index is 1.08. The van der Waals surface area contributed by atoms with Gasteiger partial charge in [0.05, 0.1) is 22.1 Å². The summed E-state index contributed by atoms with van der Waals surface area (Å²) in [5.74, 6) is 0. The van der Waals surface area contributed by atoms with Gasteiger partial charge >= 0.3 is 0 Å². The van der Waals surface area contributed by atoms with Gasteiger partial charge in [-0.2, -0.15) is 0 Å². The van der Waals surface area contributed by atoms with Crippen LogP contribution in [0.15, 0.2) is 340 Å². The highest BCUT2D eigenvalue weighted by Gasteiger charge is 2.29. The maximum Gasteiger partial charge on any atom is 0.0641 e. The zero-order valence-electron chi connectivity index (χ0n) is 49.0. The highest BCUT2D eigenvalue weighted by atomic mass is 32.1. The van der Waals surface area contributed by atoms with Crippen LogP contribution in [-0.2, 0) is 0 Å². The smallest absolute Gasteiger partial charge is 0.0641 e. The fraction of sp³-hybridized carbons (Fsp3) is 0. The average Bonchev–Trinajstić information content (AvgIpc) is 1.57. The van der Waals surface area contributed by atoms with Gasteiger partial charge in [-0.1, -0.05) is 285 Å². The first kappa shape index (κ1) is 53.1. The molecule has 0 spiro atoms. The first-order valence-electron chi connectivity index (χ1n) is 30.7. The minimum atomic E-state index is 1.08. The van der Waals surface area contributed by atoms with Crippen molar-refractivity contribution in [3.63, 3.8) is 0 Å². The van der Waals surface area contributed by atoms with Gasteiger partial charge < -0.3 is 9.13 Å². The Morgan fingerprint density at radius 1 is 0.189 bits per heavy atom. The number of hydrogen-bond donors (Lipinski definition) is 0. The molecule has 0 fully saturated rings. The Morgan fingerprint density at radius 3 is 0.900 bits per heavy atom. The molecule has 4 heteroatoms. The third-order valence-corrected chi connectivity index (χ3v) is 20.3. The number of aromatic nitrogens is 2. The summed E-state index contributed by atoms with van der Waals surface area (Å²) in [7, 11) is 0. The Bertz CT molecular complexity index is 5230. The number of thiophene rings is 2. The molecule has 17 rings (SSSR count). The van der Waals surface area contributed by atoms with Crippen LogP contribution in [0.3, 0.4) is 0 Å². The van der Waals surface area contributed by atoms with E-state index in [9.17, 15) is 0 Å². The molecule has 0 atom stereocenters. The largest absolute Gasteiger partial charge is 0.309 e. The molecule has 17 aromatic rings. The van der Waals surface area contributed by atoms with Crippen LogP contribution in [0.1, 0.15) is 0 Å². The van der Waals surface area contributed by atoms with Crippen molar-refractivity contribution in [3.05, 3.63) is 340 Å². The topological polar surface area (TPSA) is 9.86 Å². The van der Waals surface area contributed by atoms with Crippen molar-refractivity contribution in [1.82, 2.24) is 9.13 Å². The molecular weight excluding hydrogens is 1130 g/mol. The molecule has 2 nitrogen and oxygen atoms in total. The van der Waals surface area contributed by atoms with Crippen molar-refractivity contribution in [1.29, 1.82) is 0 Å². The number of hydrogen-bond acceptors (Lipinski definition) is 2. The van der Waals surface area contributed by atoms with Gasteiger partial charge in [0.15, 0.2) is 0 Å². The Kier molecular flexibility index (Phi) is 13.3. The van der Waals surface area contributed by atoms with Gasteiger partial charge in [-0.15, -0.1) is 22.7 Å². The van der Waals surface area contributed by atoms with E-state index in [0.29, 0.717) is 0 Å². The quantitative estimate of drug-likeness (QED) is 0.115. The summed E-state index contributed by atoms with van der Waals surface area (Å²) in [5.41, 5.74) is 25.8. The summed E-state index contributed by atoms with van der Waals surface area (Å²) in [4.78, 5) is 4.89. The van der Waals surface area contributed by atoms with E-state index in [0.717, 1.165) is 39.1 Å². The van der Waals surface area contributed by atoms with Crippen LogP contribution in [0.2, 0.25) is 0 Å². The summed E-state index contributed by atoms with van der Waals surface area (Å²) in [5, 5.41) is 4.82. The summed E-state index contributed by atoms with van der Waals surface area (Å²) < 4.78 is 5.11. The van der Waals surface area contributed by atoms with Crippen molar-refractivity contribution >= 4 is 66.3 Å². The van der Waals surface area contributed by atoms with Gasteiger partial charge in [0, 0.05) is 74.7 Å². The molecule has 0 unspecified atom stereocenters. The third-order valence-electron chi connectivity index (χ3n) is 17.7.